The van der Waals surface area contributed by atoms with Gasteiger partial charge in [0.2, 0.25) is 0 Å². The Balaban J connectivity index is -0.000000579. The van der Waals surface area contributed by atoms with Crippen molar-refractivity contribution in [3.05, 3.63) is 0 Å². The number of hydrogen-bond donors (Lipinski definition) is 13. The Morgan fingerprint density at radius 2 is 0.426 bits per heavy atom. The van der Waals surface area contributed by atoms with Crippen molar-refractivity contribution in [2.45, 2.75) is 0 Å². The molecule has 54 heavy (non-hydrogen) atoms. The van der Waals surface area contributed by atoms with E-state index in [0.29, 0.717) is 0 Å². The van der Waals surface area contributed by atoms with Gasteiger partial charge >= 0.3 is 249 Å². The van der Waals surface area contributed by atoms with Gasteiger partial charge in [0.15, 0.2) is 0 Å². The zero-order valence-corrected chi connectivity index (χ0v) is 48.0. The van der Waals surface area contributed by atoms with Crippen LogP contribution < -0.4 is 0 Å². The predicted molar refractivity (Wildman–Crippen MR) is 74.8 cm³/mol. The Kier molecular flexibility index (Phi) is 18.7. The molecule has 0 amide bonds. The molecule has 6 aliphatic heterocycles. The molecule has 0 radical (unpaired) electrons. The molecule has 0 aromatic heterocycles. The van der Waals surface area contributed by atoms with Gasteiger partial charge in [-0.15, -0.1) is 0 Å². The molecule has 346 valence electrons. The van der Waals surface area contributed by atoms with Crippen LogP contribution in [0.2, 0.25) is 0 Å². The zero-order chi connectivity index (χ0) is 36.7. The van der Waals surface area contributed by atoms with Gasteiger partial charge in [0.05, 0.1) is 0 Å². The van der Waals surface area contributed by atoms with Crippen LogP contribution in [0.15, 0.2) is 0 Å². The van der Waals surface area contributed by atoms with E-state index in [-0.39, 0.29) is 90.6 Å². The van der Waals surface area contributed by atoms with Crippen LogP contribution in [-0.4, -0.2) is 79.7 Å². The van der Waals surface area contributed by atoms with Crippen molar-refractivity contribution in [2.24, 2.45) is 0 Å². The Bertz CT molecular complexity index is 2130. The molecule has 6 heterocycles. The second-order valence-corrected chi connectivity index (χ2v) is 70.3. The first-order valence-corrected chi connectivity index (χ1v) is 47.7. The van der Waals surface area contributed by atoms with E-state index in [0.717, 1.165) is 0 Å². The summed E-state index contributed by atoms with van der Waals surface area (Å²) in [5.41, 5.74) is 0. The van der Waals surface area contributed by atoms with Crippen LogP contribution in [0.4, 0.5) is 0 Å². The molecule has 1 spiro atoms. The topological polar surface area (TPSA) is 711 Å². The Morgan fingerprint density at radius 1 is 0.296 bits per heavy atom. The van der Waals surface area contributed by atoms with Gasteiger partial charge in [-0.05, 0) is 0 Å². The van der Waals surface area contributed by atoms with Crippen LogP contribution in [0.5, 0.6) is 0 Å². The number of rotatable bonds is 0. The molecule has 6 aliphatic rings. The maximum atomic E-state index is 13.8. The van der Waals surface area contributed by atoms with Gasteiger partial charge in [-0.2, -0.15) is 0 Å². The molecule has 6 saturated heterocycles. The van der Waals surface area contributed by atoms with Crippen LogP contribution in [0.1, 0.15) is 0 Å². The van der Waals surface area contributed by atoms with Crippen molar-refractivity contribution in [1.29, 1.82) is 0 Å². The van der Waals surface area contributed by atoms with Crippen LogP contribution >= 0.6 is 7.82 Å². The van der Waals surface area contributed by atoms with E-state index in [2.05, 4.69) is 26.6 Å². The maximum absolute atomic E-state index is 13.8. The number of hydrogen-bond acceptors (Lipinski definition) is 23. The van der Waals surface area contributed by atoms with Gasteiger partial charge in [0.1, 0.15) is 0 Å². The third-order valence-electron chi connectivity index (χ3n) is 2.96. The second-order valence-electron chi connectivity index (χ2n) is 7.78. The van der Waals surface area contributed by atoms with Gasteiger partial charge in [-0.1, -0.05) is 0 Å². The number of fused-ring (bicyclic) bond motifs is 2. The fourth-order valence-corrected chi connectivity index (χ4v) is 148. The van der Waals surface area contributed by atoms with E-state index in [1.54, 1.807) is 0 Å². The first-order chi connectivity index (χ1) is 18.7. The average molecular weight is 1860 g/mol. The van der Waals surface area contributed by atoms with Crippen molar-refractivity contribution >= 4 is 7.82 Å². The SMILES string of the molecule is O.O.O.O.O.O=P(O)(O)O.[Mo].[Mo].[Mo].[O]=[Mo]1([OH])([OH])[O][Mo]2(=[O])([OH])[O][Mo]3(=[O])([OH])[O][Mo](=[O])([OH])([O]2)[O][Mo]2(=[O])([OH])[O][Mo](=[O])([OH])([O]3)[O][Mo]3(=[O])([O][Mo](=[O])([OH])([OH])[O][Mo](=[O])([OH])([O]1)[O]3)[O]2. The Morgan fingerprint density at radius 3 is 0.630 bits per heavy atom. The van der Waals surface area contributed by atoms with Crippen LogP contribution in [0.25, 0.3) is 0 Å². The summed E-state index contributed by atoms with van der Waals surface area (Å²) < 4.78 is 273. The minimum absolute atomic E-state index is 0. The van der Waals surface area contributed by atoms with E-state index in [1.807, 2.05) is 0 Å². The summed E-state index contributed by atoms with van der Waals surface area (Å²) in [6, 6.07) is 0. The molecule has 23 N–H and O–H groups in total. The minimum atomic E-state index is -10.5. The average Bonchev–Trinajstić information content (AvgIpc) is 2.27. The van der Waals surface area contributed by atoms with Crippen molar-refractivity contribution in [3.63, 3.8) is 0 Å². The Hall–Kier alpha value is 5.45. The number of phosphoric acid groups is 1. The van der Waals surface area contributed by atoms with Crippen molar-refractivity contribution in [1.82, 2.24) is 0 Å². The molecule has 0 aromatic rings. The van der Waals surface area contributed by atoms with Gasteiger partial charge in [0.25, 0.3) is 0 Å². The molecule has 0 unspecified atom stereocenters. The summed E-state index contributed by atoms with van der Waals surface area (Å²) in [4.78, 5) is 21.6. The first kappa shape index (κ1) is 68.5. The first-order valence-electron chi connectivity index (χ1n) is 8.44. The van der Waals surface area contributed by atoms with Crippen LogP contribution in [-0.2, 0) is 272 Å². The summed E-state index contributed by atoms with van der Waals surface area (Å²) in [5, 5.41) is 0. The molecule has 54 heteroatoms. The van der Waals surface area contributed by atoms with E-state index in [4.69, 9.17) is 19.2 Å². The summed E-state index contributed by atoms with van der Waals surface area (Å²) in [6.07, 6.45) is 0. The van der Waals surface area contributed by atoms with Crippen LogP contribution in [0.3, 0.4) is 0 Å². The summed E-state index contributed by atoms with van der Waals surface area (Å²) >= 11 is -91.8. The van der Waals surface area contributed by atoms with Gasteiger partial charge in [-0.3, -0.25) is 0 Å². The predicted octanol–water partition coefficient (Wildman–Crippen LogP) is -12.6. The summed E-state index contributed by atoms with van der Waals surface area (Å²) in [7, 11) is -4.64. The van der Waals surface area contributed by atoms with Gasteiger partial charge in [0, 0.05) is 63.2 Å². The second kappa shape index (κ2) is 14.7. The fourth-order valence-electron chi connectivity index (χ4n) is 2.77. The monoisotopic (exact) mass is 1880 g/mol. The van der Waals surface area contributed by atoms with Gasteiger partial charge in [-0.25, -0.2) is 4.57 Å². The van der Waals surface area contributed by atoms with Gasteiger partial charge < -0.3 is 42.1 Å². The van der Waals surface area contributed by atoms with Crippen molar-refractivity contribution in [2.75, 3.05) is 0 Å². The molecule has 0 atom stereocenters. The standard InChI is InChI=1S/12Mo.H3O4P.15H2O.22O/c;;;;;;;;;;;;1-5(2,3)4;;;;;;;;;;;;;;;;;;;;;;;;;;;;;;;;;;;;;/h;;;;;;;;;;;;(H3,1,2,3,4);15*1H2;;;;;;;;;;;;;;;;;;;;;;/q;;;;6*+1;2*+2;;;;;;;;;;;;;;;;;;;;;;;;;;;;;;;;;;;;;;/p-10. The Labute approximate surface area is 352 Å². The third kappa shape index (κ3) is 15.3. The summed E-state index contributed by atoms with van der Waals surface area (Å²) in [5.74, 6) is 0. The van der Waals surface area contributed by atoms with Crippen molar-refractivity contribution < 1.29 is 351 Å². The van der Waals surface area contributed by atoms with Crippen LogP contribution in [0, 0.1) is 0 Å². The molecule has 41 nitrogen and oxygen atoms in total. The van der Waals surface area contributed by atoms with E-state index in [1.165, 1.54) is 0 Å². The van der Waals surface area contributed by atoms with E-state index >= 15 is 0 Å². The molecular formula is H23Mo12O41P. The molecule has 0 aliphatic carbocycles. The van der Waals surface area contributed by atoms with E-state index < -0.39 is 154 Å². The van der Waals surface area contributed by atoms with E-state index in [9.17, 15) is 68.2 Å². The molecule has 0 aromatic carbocycles. The molecule has 7 bridgehead atoms. The quantitative estimate of drug-likeness (QED) is 0.0791. The fraction of sp³-hybridized carbons (Fsp3) is 0. The molecule has 6 rings (SSSR count). The zero-order valence-electron chi connectivity index (χ0n) is 23.0. The third-order valence-corrected chi connectivity index (χ3v) is 104. The normalized spacial score (nSPS) is 41.1. The molecule has 6 fully saturated rings. The molecule has 0 saturated carbocycles. The summed E-state index contributed by atoms with van der Waals surface area (Å²) in [6.45, 7) is 0. The molecular weight excluding hydrogens is 1840 g/mol. The van der Waals surface area contributed by atoms with Crippen molar-refractivity contribution in [3.8, 4) is 0 Å².